The molecule has 0 amide bonds. The molecule has 0 aliphatic carbocycles. The number of ether oxygens (including phenoxy) is 1. The van der Waals surface area contributed by atoms with E-state index in [9.17, 15) is 21.6 Å². The van der Waals surface area contributed by atoms with Gasteiger partial charge in [0.2, 0.25) is 0 Å². The van der Waals surface area contributed by atoms with Crippen LogP contribution in [0.5, 0.6) is 5.75 Å². The van der Waals surface area contributed by atoms with Crippen molar-refractivity contribution in [3.8, 4) is 5.75 Å². The first-order valence-corrected chi connectivity index (χ1v) is 12.7. The topological polar surface area (TPSA) is 62.4 Å². The zero-order valence-corrected chi connectivity index (χ0v) is 21.2. The third-order valence-corrected chi connectivity index (χ3v) is 7.73. The standard InChI is InChI=1S/C27H27F3N2O3S/c1-26(2,3)25-15-19-14-21(12-13-23(19)31-25)32(17-18-8-5-6-11-24(18)35-4)36(33,34)22-10-7-9-20(16-22)27(28,29)30/h5-16,31H,17H2,1-4H3. The summed E-state index contributed by atoms with van der Waals surface area (Å²) in [7, 11) is -2.91. The van der Waals surface area contributed by atoms with Crippen LogP contribution in [0.2, 0.25) is 0 Å². The number of H-pyrrole nitrogens is 1. The van der Waals surface area contributed by atoms with Crippen LogP contribution in [0.15, 0.2) is 77.7 Å². The van der Waals surface area contributed by atoms with Gasteiger partial charge >= 0.3 is 6.18 Å². The number of methoxy groups -OCH3 is 1. The summed E-state index contributed by atoms with van der Waals surface area (Å²) in [6.45, 7) is 6.05. The first kappa shape index (κ1) is 25.6. The molecule has 190 valence electrons. The van der Waals surface area contributed by atoms with E-state index in [0.717, 1.165) is 33.0 Å². The molecule has 5 nitrogen and oxygen atoms in total. The normalized spacial score (nSPS) is 12.6. The summed E-state index contributed by atoms with van der Waals surface area (Å²) in [4.78, 5) is 2.90. The van der Waals surface area contributed by atoms with Gasteiger partial charge < -0.3 is 9.72 Å². The summed E-state index contributed by atoms with van der Waals surface area (Å²) in [5, 5.41) is 0.793. The number of anilines is 1. The SMILES string of the molecule is COc1ccccc1CN(c1ccc2[nH]c(C(C)(C)C)cc2c1)S(=O)(=O)c1cccc(C(F)(F)F)c1. The Morgan fingerprint density at radius 3 is 2.31 bits per heavy atom. The number of fused-ring (bicyclic) bond motifs is 1. The number of halogens is 3. The minimum absolute atomic E-state index is 0.134. The fourth-order valence-corrected chi connectivity index (χ4v) is 5.42. The highest BCUT2D eigenvalue weighted by Crippen LogP contribution is 2.35. The summed E-state index contributed by atoms with van der Waals surface area (Å²) in [6.07, 6.45) is -4.67. The van der Waals surface area contributed by atoms with Crippen LogP contribution in [0.25, 0.3) is 10.9 Å². The average Bonchev–Trinajstić information content (AvgIpc) is 3.26. The maximum Gasteiger partial charge on any atom is 0.416 e. The Balaban J connectivity index is 1.88. The summed E-state index contributed by atoms with van der Waals surface area (Å²) in [5.41, 5.74) is 1.52. The van der Waals surface area contributed by atoms with Gasteiger partial charge in [0.05, 0.1) is 29.8 Å². The summed E-state index contributed by atoms with van der Waals surface area (Å²) in [5.74, 6) is 0.472. The summed E-state index contributed by atoms with van der Waals surface area (Å²) >= 11 is 0. The molecular weight excluding hydrogens is 489 g/mol. The lowest BCUT2D eigenvalue weighted by molar-refractivity contribution is -0.137. The number of nitrogens with zero attached hydrogens (tertiary/aromatic N) is 1. The van der Waals surface area contributed by atoms with Gasteiger partial charge in [-0.3, -0.25) is 4.31 Å². The predicted octanol–water partition coefficient (Wildman–Crippen LogP) is 6.89. The van der Waals surface area contributed by atoms with E-state index < -0.39 is 26.7 Å². The number of nitrogens with one attached hydrogen (secondary N) is 1. The van der Waals surface area contributed by atoms with Gasteiger partial charge in [-0.05, 0) is 48.5 Å². The molecule has 0 aliphatic heterocycles. The quantitative estimate of drug-likeness (QED) is 0.304. The second-order valence-electron chi connectivity index (χ2n) is 9.55. The first-order valence-electron chi connectivity index (χ1n) is 11.3. The number of para-hydroxylation sites is 1. The van der Waals surface area contributed by atoms with Gasteiger partial charge in [-0.1, -0.05) is 45.0 Å². The Hall–Kier alpha value is -3.46. The molecule has 36 heavy (non-hydrogen) atoms. The lowest BCUT2D eigenvalue weighted by Crippen LogP contribution is -2.31. The average molecular weight is 517 g/mol. The van der Waals surface area contributed by atoms with E-state index in [1.807, 2.05) is 6.07 Å². The fraction of sp³-hybridized carbons (Fsp3) is 0.259. The van der Waals surface area contributed by atoms with E-state index in [0.29, 0.717) is 23.1 Å². The van der Waals surface area contributed by atoms with E-state index in [4.69, 9.17) is 4.74 Å². The molecule has 9 heteroatoms. The Morgan fingerprint density at radius 1 is 0.917 bits per heavy atom. The van der Waals surface area contributed by atoms with Gasteiger partial charge in [-0.25, -0.2) is 8.42 Å². The fourth-order valence-electron chi connectivity index (χ4n) is 3.94. The van der Waals surface area contributed by atoms with Gasteiger partial charge in [0.15, 0.2) is 0 Å². The Kier molecular flexibility index (Phi) is 6.55. The van der Waals surface area contributed by atoms with Crippen LogP contribution >= 0.6 is 0 Å². The molecule has 0 unspecified atom stereocenters. The maximum absolute atomic E-state index is 13.8. The lowest BCUT2D eigenvalue weighted by atomic mass is 9.92. The van der Waals surface area contributed by atoms with Gasteiger partial charge in [-0.2, -0.15) is 13.2 Å². The Bertz CT molecular complexity index is 1500. The molecule has 4 rings (SSSR count). The highest BCUT2D eigenvalue weighted by molar-refractivity contribution is 7.92. The largest absolute Gasteiger partial charge is 0.496 e. The van der Waals surface area contributed by atoms with Crippen LogP contribution in [0.4, 0.5) is 18.9 Å². The van der Waals surface area contributed by atoms with Crippen LogP contribution < -0.4 is 9.04 Å². The van der Waals surface area contributed by atoms with E-state index in [1.54, 1.807) is 42.5 Å². The molecule has 3 aromatic carbocycles. The second kappa shape index (κ2) is 9.20. The highest BCUT2D eigenvalue weighted by atomic mass is 32.2. The lowest BCUT2D eigenvalue weighted by Gasteiger charge is -2.26. The molecule has 0 aliphatic rings. The number of aromatic nitrogens is 1. The van der Waals surface area contributed by atoms with Gasteiger partial charge in [-0.15, -0.1) is 0 Å². The van der Waals surface area contributed by atoms with Gasteiger partial charge in [0.25, 0.3) is 10.0 Å². The van der Waals surface area contributed by atoms with Crippen LogP contribution in [0, 0.1) is 0 Å². The minimum Gasteiger partial charge on any atom is -0.496 e. The van der Waals surface area contributed by atoms with Crippen LogP contribution in [-0.2, 0) is 28.2 Å². The Labute approximate surface area is 208 Å². The predicted molar refractivity (Wildman–Crippen MR) is 135 cm³/mol. The van der Waals surface area contributed by atoms with Crippen molar-refractivity contribution < 1.29 is 26.3 Å². The summed E-state index contributed by atoms with van der Waals surface area (Å²) < 4.78 is 74.3. The van der Waals surface area contributed by atoms with Crippen LogP contribution in [0.3, 0.4) is 0 Å². The van der Waals surface area contributed by atoms with Crippen molar-refractivity contribution in [1.82, 2.24) is 4.98 Å². The van der Waals surface area contributed by atoms with Crippen molar-refractivity contribution in [2.24, 2.45) is 0 Å². The van der Waals surface area contributed by atoms with Crippen molar-refractivity contribution in [3.05, 3.63) is 89.6 Å². The number of sulfonamides is 1. The molecule has 0 saturated heterocycles. The number of rotatable bonds is 6. The first-order chi connectivity index (χ1) is 16.8. The molecule has 0 fully saturated rings. The molecule has 0 spiro atoms. The zero-order valence-electron chi connectivity index (χ0n) is 20.3. The molecule has 1 heterocycles. The molecule has 0 atom stereocenters. The third-order valence-electron chi connectivity index (χ3n) is 5.96. The smallest absolute Gasteiger partial charge is 0.416 e. The molecule has 0 bridgehead atoms. The number of hydrogen-bond acceptors (Lipinski definition) is 3. The zero-order chi connectivity index (χ0) is 26.3. The summed E-state index contributed by atoms with van der Waals surface area (Å²) in [6, 6.07) is 17.8. The van der Waals surface area contributed by atoms with Crippen LogP contribution in [-0.4, -0.2) is 20.5 Å². The maximum atomic E-state index is 13.8. The molecule has 1 N–H and O–H groups in total. The highest BCUT2D eigenvalue weighted by Gasteiger charge is 2.33. The van der Waals surface area contributed by atoms with E-state index in [1.165, 1.54) is 13.2 Å². The number of hydrogen-bond donors (Lipinski definition) is 1. The van der Waals surface area contributed by atoms with E-state index >= 15 is 0 Å². The number of benzene rings is 3. The number of aromatic amines is 1. The second-order valence-corrected chi connectivity index (χ2v) is 11.4. The molecule has 1 aromatic heterocycles. The van der Waals surface area contributed by atoms with Crippen molar-refractivity contribution in [2.75, 3.05) is 11.4 Å². The minimum atomic E-state index is -4.67. The molecule has 0 radical (unpaired) electrons. The van der Waals surface area contributed by atoms with Crippen molar-refractivity contribution in [2.45, 2.75) is 43.8 Å². The van der Waals surface area contributed by atoms with Gasteiger partial charge in [0, 0.05) is 27.6 Å². The monoisotopic (exact) mass is 516 g/mol. The van der Waals surface area contributed by atoms with Crippen molar-refractivity contribution in [3.63, 3.8) is 0 Å². The Morgan fingerprint density at radius 2 is 1.64 bits per heavy atom. The van der Waals surface area contributed by atoms with Crippen molar-refractivity contribution in [1.29, 1.82) is 0 Å². The molecule has 0 saturated carbocycles. The van der Waals surface area contributed by atoms with Gasteiger partial charge in [0.1, 0.15) is 5.75 Å². The van der Waals surface area contributed by atoms with E-state index in [2.05, 4.69) is 25.8 Å². The van der Waals surface area contributed by atoms with Crippen LogP contribution in [0.1, 0.15) is 37.6 Å². The number of alkyl halides is 3. The third kappa shape index (κ3) is 5.06. The molecule has 4 aromatic rings. The van der Waals surface area contributed by atoms with Crippen molar-refractivity contribution >= 4 is 26.6 Å². The van der Waals surface area contributed by atoms with E-state index in [-0.39, 0.29) is 12.0 Å². The molecular formula is C27H27F3N2O3S.